The quantitative estimate of drug-likeness (QED) is 0.812. The van der Waals surface area contributed by atoms with Crippen LogP contribution in [0, 0.1) is 17.1 Å². The van der Waals surface area contributed by atoms with E-state index in [4.69, 9.17) is 11.0 Å². The molecule has 0 spiro atoms. The van der Waals surface area contributed by atoms with Gasteiger partial charge in [-0.05, 0) is 36.4 Å². The maximum absolute atomic E-state index is 13.1. The van der Waals surface area contributed by atoms with Gasteiger partial charge in [-0.2, -0.15) is 5.26 Å². The first-order chi connectivity index (χ1) is 9.83. The van der Waals surface area contributed by atoms with Crippen LogP contribution in [0.25, 0.3) is 0 Å². The minimum Gasteiger partial charge on any atom is -0.396 e. The highest BCUT2D eigenvalue weighted by atomic mass is 79.9. The molecule has 108 valence electrons. The molecule has 8 heteroatoms. The average Bonchev–Trinajstić information content (AvgIpc) is 2.43. The topological polar surface area (TPSA) is 96.0 Å². The van der Waals surface area contributed by atoms with Crippen molar-refractivity contribution in [2.45, 2.75) is 4.90 Å². The maximum atomic E-state index is 13.1. The number of nitrogens with one attached hydrogen (secondary N) is 1. The predicted molar refractivity (Wildman–Crippen MR) is 80.5 cm³/mol. The van der Waals surface area contributed by atoms with Crippen LogP contribution in [0.1, 0.15) is 5.56 Å². The van der Waals surface area contributed by atoms with Gasteiger partial charge in [0.1, 0.15) is 11.9 Å². The molecule has 2 aromatic rings. The van der Waals surface area contributed by atoms with Crippen molar-refractivity contribution in [3.05, 3.63) is 52.3 Å². The molecule has 0 saturated heterocycles. The van der Waals surface area contributed by atoms with Crippen LogP contribution in [0.15, 0.2) is 45.8 Å². The number of nitrogens with zero attached hydrogens (tertiary/aromatic N) is 1. The molecule has 0 aliphatic carbocycles. The highest BCUT2D eigenvalue weighted by Gasteiger charge is 2.17. The van der Waals surface area contributed by atoms with Crippen molar-refractivity contribution in [3.63, 3.8) is 0 Å². The van der Waals surface area contributed by atoms with Gasteiger partial charge in [-0.1, -0.05) is 15.9 Å². The molecular weight excluding hydrogens is 361 g/mol. The summed E-state index contributed by atoms with van der Waals surface area (Å²) in [4.78, 5) is -0.187. The summed E-state index contributed by atoms with van der Waals surface area (Å²) in [6, 6.07) is 9.50. The van der Waals surface area contributed by atoms with Crippen molar-refractivity contribution in [1.29, 1.82) is 5.26 Å². The first-order valence-corrected chi connectivity index (χ1v) is 7.88. The van der Waals surface area contributed by atoms with E-state index in [2.05, 4.69) is 20.7 Å². The number of nitrogen functional groups attached to an aromatic ring is 1. The Morgan fingerprint density at radius 2 is 1.95 bits per heavy atom. The van der Waals surface area contributed by atoms with Crippen LogP contribution >= 0.6 is 15.9 Å². The van der Waals surface area contributed by atoms with Crippen molar-refractivity contribution >= 4 is 37.3 Å². The van der Waals surface area contributed by atoms with Gasteiger partial charge in [0.15, 0.2) is 0 Å². The zero-order chi connectivity index (χ0) is 15.6. The number of rotatable bonds is 3. The molecule has 5 nitrogen and oxygen atoms in total. The van der Waals surface area contributed by atoms with E-state index in [1.165, 1.54) is 12.1 Å². The van der Waals surface area contributed by atoms with Crippen LogP contribution in [0.4, 0.5) is 15.8 Å². The van der Waals surface area contributed by atoms with Gasteiger partial charge in [-0.3, -0.25) is 4.72 Å². The smallest absolute Gasteiger partial charge is 0.262 e. The standard InChI is InChI=1S/C13H9BrFN3O2S/c14-9-1-4-13(8(5-9)7-16)18-21(19,20)10-2-3-11(15)12(17)6-10/h1-6,18H,17H2. The van der Waals surface area contributed by atoms with Gasteiger partial charge >= 0.3 is 0 Å². The van der Waals surface area contributed by atoms with Crippen LogP contribution in [0.2, 0.25) is 0 Å². The second-order valence-electron chi connectivity index (χ2n) is 4.09. The Bertz CT molecular complexity index is 847. The molecule has 0 heterocycles. The molecule has 0 atom stereocenters. The number of nitrogens with two attached hydrogens (primary N) is 1. The third kappa shape index (κ3) is 3.32. The Morgan fingerprint density at radius 3 is 2.57 bits per heavy atom. The SMILES string of the molecule is N#Cc1cc(Br)ccc1NS(=O)(=O)c1ccc(F)c(N)c1. The van der Waals surface area contributed by atoms with Crippen molar-refractivity contribution < 1.29 is 12.8 Å². The van der Waals surface area contributed by atoms with Crippen LogP contribution in [-0.2, 0) is 10.0 Å². The third-order valence-corrected chi connectivity index (χ3v) is 4.48. The summed E-state index contributed by atoms with van der Waals surface area (Å²) < 4.78 is 40.4. The second-order valence-corrected chi connectivity index (χ2v) is 6.69. The molecule has 2 rings (SSSR count). The fourth-order valence-electron chi connectivity index (χ4n) is 1.59. The summed E-state index contributed by atoms with van der Waals surface area (Å²) in [6.45, 7) is 0. The summed E-state index contributed by atoms with van der Waals surface area (Å²) in [5, 5.41) is 9.02. The van der Waals surface area contributed by atoms with E-state index < -0.39 is 15.8 Å². The minimum absolute atomic E-state index is 0.128. The summed E-state index contributed by atoms with van der Waals surface area (Å²) >= 11 is 3.19. The van der Waals surface area contributed by atoms with Crippen LogP contribution < -0.4 is 10.5 Å². The minimum atomic E-state index is -3.96. The Kier molecular flexibility index (Phi) is 4.16. The number of hydrogen-bond donors (Lipinski definition) is 2. The van der Waals surface area contributed by atoms with Gasteiger partial charge < -0.3 is 5.73 Å². The lowest BCUT2D eigenvalue weighted by Crippen LogP contribution is -2.14. The van der Waals surface area contributed by atoms with Gasteiger partial charge in [-0.15, -0.1) is 0 Å². The van der Waals surface area contributed by atoms with Crippen molar-refractivity contribution in [2.24, 2.45) is 0 Å². The molecule has 0 saturated carbocycles. The largest absolute Gasteiger partial charge is 0.396 e. The number of hydrogen-bond acceptors (Lipinski definition) is 4. The number of nitriles is 1. The van der Waals surface area contributed by atoms with Gasteiger partial charge in [0.2, 0.25) is 0 Å². The van der Waals surface area contributed by atoms with E-state index in [1.54, 1.807) is 6.07 Å². The molecule has 0 radical (unpaired) electrons. The number of anilines is 2. The number of halogens is 2. The molecule has 0 aliphatic heterocycles. The molecule has 0 bridgehead atoms. The second kappa shape index (κ2) is 5.71. The van der Waals surface area contributed by atoms with Crippen molar-refractivity contribution in [3.8, 4) is 6.07 Å². The Hall–Kier alpha value is -2.11. The van der Waals surface area contributed by atoms with E-state index >= 15 is 0 Å². The average molecular weight is 370 g/mol. The van der Waals surface area contributed by atoms with E-state index in [0.717, 1.165) is 18.2 Å². The monoisotopic (exact) mass is 369 g/mol. The summed E-state index contributed by atoms with van der Waals surface area (Å²) in [5.41, 5.74) is 5.38. The van der Waals surface area contributed by atoms with Crippen LogP contribution in [-0.4, -0.2) is 8.42 Å². The molecule has 0 fully saturated rings. The van der Waals surface area contributed by atoms with Gasteiger partial charge in [-0.25, -0.2) is 12.8 Å². The lowest BCUT2D eigenvalue weighted by molar-refractivity contribution is 0.600. The molecule has 21 heavy (non-hydrogen) atoms. The highest BCUT2D eigenvalue weighted by Crippen LogP contribution is 2.24. The summed E-state index contributed by atoms with van der Waals surface area (Å²) in [6.07, 6.45) is 0. The van der Waals surface area contributed by atoms with E-state index in [1.807, 2.05) is 6.07 Å². The van der Waals surface area contributed by atoms with E-state index in [0.29, 0.717) is 4.47 Å². The van der Waals surface area contributed by atoms with Crippen LogP contribution in [0.3, 0.4) is 0 Å². The van der Waals surface area contributed by atoms with Crippen LogP contribution in [0.5, 0.6) is 0 Å². The first kappa shape index (κ1) is 15.3. The molecule has 3 N–H and O–H groups in total. The van der Waals surface area contributed by atoms with Gasteiger partial charge in [0.05, 0.1) is 21.8 Å². The number of sulfonamides is 1. The summed E-state index contributed by atoms with van der Waals surface area (Å²) in [5.74, 6) is -0.699. The molecule has 2 aromatic carbocycles. The van der Waals surface area contributed by atoms with Gasteiger partial charge in [0, 0.05) is 4.47 Å². The zero-order valence-corrected chi connectivity index (χ0v) is 12.9. The normalized spacial score (nSPS) is 10.9. The summed E-state index contributed by atoms with van der Waals surface area (Å²) in [7, 11) is -3.96. The lowest BCUT2D eigenvalue weighted by Gasteiger charge is -2.10. The lowest BCUT2D eigenvalue weighted by atomic mass is 10.2. The highest BCUT2D eigenvalue weighted by molar-refractivity contribution is 9.10. The fraction of sp³-hybridized carbons (Fsp3) is 0. The zero-order valence-electron chi connectivity index (χ0n) is 10.5. The van der Waals surface area contributed by atoms with Crippen molar-refractivity contribution in [1.82, 2.24) is 0 Å². The van der Waals surface area contributed by atoms with Crippen molar-refractivity contribution in [2.75, 3.05) is 10.5 Å². The van der Waals surface area contributed by atoms with E-state index in [-0.39, 0.29) is 21.8 Å². The molecule has 0 amide bonds. The molecule has 0 aromatic heterocycles. The Labute approximate surface area is 129 Å². The third-order valence-electron chi connectivity index (χ3n) is 2.62. The van der Waals surface area contributed by atoms with E-state index in [9.17, 15) is 12.8 Å². The Balaban J connectivity index is 2.42. The maximum Gasteiger partial charge on any atom is 0.262 e. The molecule has 0 unspecified atom stereocenters. The Morgan fingerprint density at radius 1 is 1.24 bits per heavy atom. The fourth-order valence-corrected chi connectivity index (χ4v) is 3.07. The molecular formula is C13H9BrFN3O2S. The first-order valence-electron chi connectivity index (χ1n) is 5.61. The molecule has 0 aliphatic rings. The van der Waals surface area contributed by atoms with Gasteiger partial charge in [0.25, 0.3) is 10.0 Å². The predicted octanol–water partition coefficient (Wildman–Crippen LogP) is 2.84. The number of benzene rings is 2.